The van der Waals surface area contributed by atoms with E-state index in [9.17, 15) is 4.79 Å². The van der Waals surface area contributed by atoms with Crippen molar-refractivity contribution in [3.05, 3.63) is 52.3 Å². The number of nitrogens with zero attached hydrogens (tertiary/aromatic N) is 1. The molecule has 0 unspecified atom stereocenters. The van der Waals surface area contributed by atoms with Gasteiger partial charge in [-0.05, 0) is 31.4 Å². The molecule has 3 N–H and O–H groups in total. The Morgan fingerprint density at radius 2 is 1.90 bits per heavy atom. The second-order valence-electron chi connectivity index (χ2n) is 4.79. The molecule has 2 rings (SSSR count). The molecule has 5 nitrogen and oxygen atoms in total. The van der Waals surface area contributed by atoms with Crippen molar-refractivity contribution in [3.63, 3.8) is 0 Å². The molecule has 0 radical (unpaired) electrons. The van der Waals surface area contributed by atoms with Crippen LogP contribution in [0.2, 0.25) is 0 Å². The van der Waals surface area contributed by atoms with Crippen LogP contribution >= 0.6 is 0 Å². The van der Waals surface area contributed by atoms with Gasteiger partial charge in [0.15, 0.2) is 0 Å². The number of rotatable bonds is 5. The highest BCUT2D eigenvalue weighted by molar-refractivity contribution is 5.96. The van der Waals surface area contributed by atoms with E-state index in [1.807, 2.05) is 38.1 Å². The molecule has 5 heteroatoms. The molecule has 0 aliphatic rings. The van der Waals surface area contributed by atoms with Crippen molar-refractivity contribution in [2.75, 3.05) is 6.54 Å². The Morgan fingerprint density at radius 1 is 1.25 bits per heavy atom. The lowest BCUT2D eigenvalue weighted by atomic mass is 10.1. The van der Waals surface area contributed by atoms with Crippen molar-refractivity contribution in [3.8, 4) is 0 Å². The van der Waals surface area contributed by atoms with Crippen LogP contribution in [-0.4, -0.2) is 27.8 Å². The molecule has 0 saturated heterocycles. The molecule has 1 heterocycles. The summed E-state index contributed by atoms with van der Waals surface area (Å²) in [6.07, 6.45) is 0.757. The van der Waals surface area contributed by atoms with Crippen LogP contribution in [-0.2, 0) is 13.0 Å². The molecule has 0 atom stereocenters. The molecule has 2 aromatic rings. The maximum absolute atomic E-state index is 12.0. The van der Waals surface area contributed by atoms with Gasteiger partial charge in [-0.1, -0.05) is 24.3 Å². The first-order valence-electron chi connectivity index (χ1n) is 6.60. The highest BCUT2D eigenvalue weighted by Crippen LogP contribution is 2.09. The molecule has 0 bridgehead atoms. The molecule has 106 valence electrons. The van der Waals surface area contributed by atoms with E-state index >= 15 is 0 Å². The smallest absolute Gasteiger partial charge is 0.255 e. The number of nitrogens with one attached hydrogen (secondary N) is 2. The van der Waals surface area contributed by atoms with Crippen molar-refractivity contribution in [1.82, 2.24) is 15.5 Å². The molecule has 0 saturated carbocycles. The van der Waals surface area contributed by atoms with Gasteiger partial charge in [0.05, 0.1) is 17.9 Å². The van der Waals surface area contributed by atoms with E-state index in [1.165, 1.54) is 0 Å². The summed E-state index contributed by atoms with van der Waals surface area (Å²) < 4.78 is 0. The highest BCUT2D eigenvalue weighted by Gasteiger charge is 2.14. The Morgan fingerprint density at radius 3 is 2.45 bits per heavy atom. The van der Waals surface area contributed by atoms with Crippen LogP contribution in [0.1, 0.15) is 32.9 Å². The number of amides is 1. The molecule has 1 amide bonds. The van der Waals surface area contributed by atoms with Gasteiger partial charge < -0.3 is 10.4 Å². The quantitative estimate of drug-likeness (QED) is 0.772. The van der Waals surface area contributed by atoms with Gasteiger partial charge in [0.2, 0.25) is 0 Å². The molecular weight excluding hydrogens is 254 g/mol. The molecule has 1 aromatic carbocycles. The van der Waals surface area contributed by atoms with Gasteiger partial charge in [-0.2, -0.15) is 5.10 Å². The van der Waals surface area contributed by atoms with E-state index in [1.54, 1.807) is 0 Å². The second kappa shape index (κ2) is 6.34. The average Bonchev–Trinajstić information content (AvgIpc) is 2.79. The largest absolute Gasteiger partial charge is 0.392 e. The minimum absolute atomic E-state index is 0.0516. The van der Waals surface area contributed by atoms with Crippen molar-refractivity contribution < 1.29 is 9.90 Å². The summed E-state index contributed by atoms with van der Waals surface area (Å²) in [6.45, 7) is 4.27. The van der Waals surface area contributed by atoms with Crippen LogP contribution < -0.4 is 5.32 Å². The van der Waals surface area contributed by atoms with Crippen molar-refractivity contribution >= 4 is 5.91 Å². The SMILES string of the molecule is Cc1n[nH]c(C)c1C(=O)NCCc1ccc(CO)cc1. The normalized spacial score (nSPS) is 10.6. The zero-order chi connectivity index (χ0) is 14.5. The van der Waals surface area contributed by atoms with Crippen LogP contribution in [0.15, 0.2) is 24.3 Å². The van der Waals surface area contributed by atoms with E-state index in [2.05, 4.69) is 15.5 Å². The predicted molar refractivity (Wildman–Crippen MR) is 76.5 cm³/mol. The highest BCUT2D eigenvalue weighted by atomic mass is 16.3. The second-order valence-corrected chi connectivity index (χ2v) is 4.79. The van der Waals surface area contributed by atoms with Crippen molar-refractivity contribution in [2.24, 2.45) is 0 Å². The molecule has 0 aliphatic heterocycles. The van der Waals surface area contributed by atoms with Gasteiger partial charge in [0.1, 0.15) is 0 Å². The zero-order valence-corrected chi connectivity index (χ0v) is 11.7. The summed E-state index contributed by atoms with van der Waals surface area (Å²) in [4.78, 5) is 12.0. The van der Waals surface area contributed by atoms with E-state index < -0.39 is 0 Å². The van der Waals surface area contributed by atoms with Crippen LogP contribution in [0, 0.1) is 13.8 Å². The summed E-state index contributed by atoms with van der Waals surface area (Å²) in [5, 5.41) is 18.7. The van der Waals surface area contributed by atoms with Crippen molar-refractivity contribution in [1.29, 1.82) is 0 Å². The van der Waals surface area contributed by atoms with Gasteiger partial charge in [-0.3, -0.25) is 9.89 Å². The number of benzene rings is 1. The number of H-pyrrole nitrogens is 1. The Bertz CT molecular complexity index is 568. The molecule has 20 heavy (non-hydrogen) atoms. The number of aromatic amines is 1. The standard InChI is InChI=1S/C15H19N3O2/c1-10-14(11(2)18-17-10)15(20)16-8-7-12-3-5-13(9-19)6-4-12/h3-6,19H,7-9H2,1-2H3,(H,16,20)(H,17,18). The third-order valence-corrected chi connectivity index (χ3v) is 3.26. The number of hydrogen-bond donors (Lipinski definition) is 3. The number of carbonyl (C=O) groups is 1. The minimum atomic E-state index is -0.0965. The number of aryl methyl sites for hydroxylation is 2. The Labute approximate surface area is 118 Å². The lowest BCUT2D eigenvalue weighted by Gasteiger charge is -2.06. The van der Waals surface area contributed by atoms with Crippen LogP contribution in [0.5, 0.6) is 0 Å². The molecule has 0 aliphatic carbocycles. The number of aromatic nitrogens is 2. The first-order chi connectivity index (χ1) is 9.61. The van der Waals surface area contributed by atoms with Crippen LogP contribution in [0.4, 0.5) is 0 Å². The summed E-state index contributed by atoms with van der Waals surface area (Å²) in [5.74, 6) is -0.0965. The fourth-order valence-electron chi connectivity index (χ4n) is 2.11. The summed E-state index contributed by atoms with van der Waals surface area (Å²) in [6, 6.07) is 7.71. The van der Waals surface area contributed by atoms with Gasteiger partial charge in [0.25, 0.3) is 5.91 Å². The lowest BCUT2D eigenvalue weighted by Crippen LogP contribution is -2.26. The van der Waals surface area contributed by atoms with Gasteiger partial charge >= 0.3 is 0 Å². The minimum Gasteiger partial charge on any atom is -0.392 e. The lowest BCUT2D eigenvalue weighted by molar-refractivity contribution is 0.0953. The van der Waals surface area contributed by atoms with Gasteiger partial charge in [-0.15, -0.1) is 0 Å². The number of hydrogen-bond acceptors (Lipinski definition) is 3. The molecular formula is C15H19N3O2. The maximum Gasteiger partial charge on any atom is 0.255 e. The third kappa shape index (κ3) is 3.24. The Kier molecular flexibility index (Phi) is 4.53. The number of aliphatic hydroxyl groups is 1. The average molecular weight is 273 g/mol. The van der Waals surface area contributed by atoms with Crippen LogP contribution in [0.3, 0.4) is 0 Å². The summed E-state index contributed by atoms with van der Waals surface area (Å²) in [5.41, 5.74) is 4.14. The predicted octanol–water partition coefficient (Wildman–Crippen LogP) is 1.49. The number of carbonyl (C=O) groups excluding carboxylic acids is 1. The zero-order valence-electron chi connectivity index (χ0n) is 11.7. The van der Waals surface area contributed by atoms with Gasteiger partial charge in [0, 0.05) is 12.2 Å². The van der Waals surface area contributed by atoms with E-state index in [-0.39, 0.29) is 12.5 Å². The topological polar surface area (TPSA) is 78.0 Å². The third-order valence-electron chi connectivity index (χ3n) is 3.26. The van der Waals surface area contributed by atoms with Gasteiger partial charge in [-0.25, -0.2) is 0 Å². The van der Waals surface area contributed by atoms with E-state index in [0.29, 0.717) is 17.8 Å². The molecule has 0 fully saturated rings. The van der Waals surface area contributed by atoms with E-state index in [0.717, 1.165) is 23.2 Å². The van der Waals surface area contributed by atoms with Crippen LogP contribution in [0.25, 0.3) is 0 Å². The Balaban J connectivity index is 1.88. The monoisotopic (exact) mass is 273 g/mol. The first-order valence-corrected chi connectivity index (χ1v) is 6.60. The summed E-state index contributed by atoms with van der Waals surface area (Å²) >= 11 is 0. The maximum atomic E-state index is 12.0. The fourth-order valence-corrected chi connectivity index (χ4v) is 2.11. The molecule has 0 spiro atoms. The van der Waals surface area contributed by atoms with E-state index in [4.69, 9.17) is 5.11 Å². The molecule has 1 aromatic heterocycles. The van der Waals surface area contributed by atoms with Crippen molar-refractivity contribution in [2.45, 2.75) is 26.9 Å². The summed E-state index contributed by atoms with van der Waals surface area (Å²) in [7, 11) is 0. The number of aliphatic hydroxyl groups excluding tert-OH is 1. The fraction of sp³-hybridized carbons (Fsp3) is 0.333. The Hall–Kier alpha value is -2.14. The first kappa shape index (κ1) is 14.3.